The topological polar surface area (TPSA) is 18.5 Å². The van der Waals surface area contributed by atoms with Crippen LogP contribution in [-0.2, 0) is 0 Å². The van der Waals surface area contributed by atoms with Crippen LogP contribution in [0.1, 0.15) is 5.56 Å². The molecule has 0 spiro atoms. The largest absolute Gasteiger partial charge is 0.497 e. The van der Waals surface area contributed by atoms with Crippen LogP contribution in [0.15, 0.2) is 53.0 Å². The standard InChI is InChI=1S/C8H10O.C7H7BrO/c1-7-4-3-5-8(6-7)9-2;1-9-7-4-2-3-6(8)5-7/h3-6H,1-2H3;2-5H,1H3. The molecule has 0 unspecified atom stereocenters. The summed E-state index contributed by atoms with van der Waals surface area (Å²) in [7, 11) is 3.33. The normalized spacial score (nSPS) is 9.11. The molecule has 0 aliphatic heterocycles. The van der Waals surface area contributed by atoms with E-state index >= 15 is 0 Å². The third kappa shape index (κ3) is 5.23. The number of halogens is 1. The molecule has 2 aromatic carbocycles. The lowest BCUT2D eigenvalue weighted by atomic mass is 10.2. The van der Waals surface area contributed by atoms with E-state index in [0.717, 1.165) is 16.0 Å². The Hall–Kier alpha value is -1.48. The summed E-state index contributed by atoms with van der Waals surface area (Å²) in [4.78, 5) is 0. The van der Waals surface area contributed by atoms with Crippen LogP contribution in [0.3, 0.4) is 0 Å². The number of rotatable bonds is 2. The van der Waals surface area contributed by atoms with Crippen LogP contribution in [0, 0.1) is 6.92 Å². The zero-order valence-electron chi connectivity index (χ0n) is 10.8. The van der Waals surface area contributed by atoms with Gasteiger partial charge in [-0.05, 0) is 42.8 Å². The number of ether oxygens (including phenoxy) is 2. The van der Waals surface area contributed by atoms with Gasteiger partial charge in [0.2, 0.25) is 0 Å². The van der Waals surface area contributed by atoms with Crippen LogP contribution in [0.25, 0.3) is 0 Å². The highest BCUT2D eigenvalue weighted by Gasteiger charge is 1.88. The van der Waals surface area contributed by atoms with E-state index in [0.29, 0.717) is 0 Å². The lowest BCUT2D eigenvalue weighted by molar-refractivity contribution is 0.414. The summed E-state index contributed by atoms with van der Waals surface area (Å²) in [6.45, 7) is 2.04. The first kappa shape index (κ1) is 14.6. The van der Waals surface area contributed by atoms with Crippen molar-refractivity contribution >= 4 is 15.9 Å². The zero-order chi connectivity index (χ0) is 13.4. The SMILES string of the molecule is COc1cccc(Br)c1.COc1cccc(C)c1. The molecule has 0 heterocycles. The molecule has 2 rings (SSSR count). The van der Waals surface area contributed by atoms with Crippen molar-refractivity contribution in [3.63, 3.8) is 0 Å². The molecule has 2 nitrogen and oxygen atoms in total. The Morgan fingerprint density at radius 3 is 1.78 bits per heavy atom. The first-order valence-electron chi connectivity index (χ1n) is 5.56. The quantitative estimate of drug-likeness (QED) is 0.815. The molecule has 2 aromatic rings. The minimum atomic E-state index is 0.879. The van der Waals surface area contributed by atoms with Crippen LogP contribution in [0.5, 0.6) is 11.5 Å². The van der Waals surface area contributed by atoms with E-state index < -0.39 is 0 Å². The molecule has 0 aromatic heterocycles. The predicted octanol–water partition coefficient (Wildman–Crippen LogP) is 4.46. The second kappa shape index (κ2) is 7.77. The summed E-state index contributed by atoms with van der Waals surface area (Å²) in [6, 6.07) is 15.7. The third-order valence-electron chi connectivity index (χ3n) is 2.26. The van der Waals surface area contributed by atoms with E-state index in [2.05, 4.69) is 15.9 Å². The highest BCUT2D eigenvalue weighted by molar-refractivity contribution is 9.10. The van der Waals surface area contributed by atoms with Gasteiger partial charge in [-0.1, -0.05) is 34.1 Å². The minimum Gasteiger partial charge on any atom is -0.497 e. The number of aryl methyl sites for hydroxylation is 1. The first-order valence-corrected chi connectivity index (χ1v) is 6.35. The summed E-state index contributed by atoms with van der Waals surface area (Å²) >= 11 is 3.32. The van der Waals surface area contributed by atoms with Gasteiger partial charge >= 0.3 is 0 Å². The Balaban J connectivity index is 0.000000180. The van der Waals surface area contributed by atoms with Crippen molar-refractivity contribution in [3.05, 3.63) is 58.6 Å². The maximum atomic E-state index is 5.00. The van der Waals surface area contributed by atoms with Gasteiger partial charge in [-0.2, -0.15) is 0 Å². The molecule has 18 heavy (non-hydrogen) atoms. The average molecular weight is 309 g/mol. The summed E-state index contributed by atoms with van der Waals surface area (Å²) in [5, 5.41) is 0. The van der Waals surface area contributed by atoms with E-state index in [4.69, 9.17) is 9.47 Å². The van der Waals surface area contributed by atoms with Gasteiger partial charge in [0.05, 0.1) is 14.2 Å². The highest BCUT2D eigenvalue weighted by atomic mass is 79.9. The summed E-state index contributed by atoms with van der Waals surface area (Å²) in [5.74, 6) is 1.80. The summed E-state index contributed by atoms with van der Waals surface area (Å²) in [5.41, 5.74) is 1.23. The zero-order valence-corrected chi connectivity index (χ0v) is 12.4. The smallest absolute Gasteiger partial charge is 0.119 e. The van der Waals surface area contributed by atoms with Crippen LogP contribution in [0.2, 0.25) is 0 Å². The van der Waals surface area contributed by atoms with Crippen molar-refractivity contribution in [1.82, 2.24) is 0 Å². The van der Waals surface area contributed by atoms with Crippen LogP contribution < -0.4 is 9.47 Å². The van der Waals surface area contributed by atoms with Crippen LogP contribution in [0.4, 0.5) is 0 Å². The third-order valence-corrected chi connectivity index (χ3v) is 2.75. The van der Waals surface area contributed by atoms with E-state index in [1.54, 1.807) is 14.2 Å². The predicted molar refractivity (Wildman–Crippen MR) is 78.4 cm³/mol. The van der Waals surface area contributed by atoms with Gasteiger partial charge in [0.15, 0.2) is 0 Å². The molecule has 96 valence electrons. The molecule has 0 amide bonds. The van der Waals surface area contributed by atoms with Crippen LogP contribution >= 0.6 is 15.9 Å². The Labute approximate surface area is 117 Å². The van der Waals surface area contributed by atoms with E-state index in [-0.39, 0.29) is 0 Å². The molecule has 0 radical (unpaired) electrons. The van der Waals surface area contributed by atoms with Crippen molar-refractivity contribution in [1.29, 1.82) is 0 Å². The fraction of sp³-hybridized carbons (Fsp3) is 0.200. The van der Waals surface area contributed by atoms with E-state index in [1.165, 1.54) is 5.56 Å². The van der Waals surface area contributed by atoms with Gasteiger partial charge < -0.3 is 9.47 Å². The van der Waals surface area contributed by atoms with Crippen molar-refractivity contribution in [2.24, 2.45) is 0 Å². The van der Waals surface area contributed by atoms with Crippen molar-refractivity contribution in [2.75, 3.05) is 14.2 Å². The van der Waals surface area contributed by atoms with Gasteiger partial charge in [-0.3, -0.25) is 0 Å². The summed E-state index contributed by atoms with van der Waals surface area (Å²) in [6.07, 6.45) is 0. The maximum absolute atomic E-state index is 5.00. The molecular weight excluding hydrogens is 292 g/mol. The van der Waals surface area contributed by atoms with Gasteiger partial charge in [0, 0.05) is 4.47 Å². The van der Waals surface area contributed by atoms with Crippen molar-refractivity contribution in [3.8, 4) is 11.5 Å². The van der Waals surface area contributed by atoms with Gasteiger partial charge in [0.25, 0.3) is 0 Å². The molecule has 0 bridgehead atoms. The Bertz CT molecular complexity index is 438. The van der Waals surface area contributed by atoms with E-state index in [9.17, 15) is 0 Å². The van der Waals surface area contributed by atoms with Crippen LogP contribution in [-0.4, -0.2) is 14.2 Å². The van der Waals surface area contributed by atoms with Gasteiger partial charge in [-0.15, -0.1) is 0 Å². The second-order valence-electron chi connectivity index (χ2n) is 3.68. The Kier molecular flexibility index (Phi) is 6.29. The summed E-state index contributed by atoms with van der Waals surface area (Å²) < 4.78 is 11.0. The van der Waals surface area contributed by atoms with Gasteiger partial charge in [0.1, 0.15) is 11.5 Å². The molecule has 0 atom stereocenters. The molecule has 0 fully saturated rings. The first-order chi connectivity index (χ1) is 8.65. The molecule has 0 saturated carbocycles. The molecule has 0 saturated heterocycles. The Morgan fingerprint density at radius 1 is 0.833 bits per heavy atom. The molecule has 0 aliphatic carbocycles. The van der Waals surface area contributed by atoms with E-state index in [1.807, 2.05) is 55.5 Å². The number of benzene rings is 2. The highest BCUT2D eigenvalue weighted by Crippen LogP contribution is 2.16. The second-order valence-corrected chi connectivity index (χ2v) is 4.60. The number of hydrogen-bond acceptors (Lipinski definition) is 2. The average Bonchev–Trinajstić information content (AvgIpc) is 2.39. The van der Waals surface area contributed by atoms with Gasteiger partial charge in [-0.25, -0.2) is 0 Å². The lowest BCUT2D eigenvalue weighted by Crippen LogP contribution is -1.81. The minimum absolute atomic E-state index is 0.879. The molecule has 3 heteroatoms. The fourth-order valence-electron chi connectivity index (χ4n) is 1.34. The number of methoxy groups -OCH3 is 2. The fourth-order valence-corrected chi connectivity index (χ4v) is 1.71. The lowest BCUT2D eigenvalue weighted by Gasteiger charge is -1.97. The molecule has 0 N–H and O–H groups in total. The number of hydrogen-bond donors (Lipinski definition) is 0. The monoisotopic (exact) mass is 308 g/mol. The Morgan fingerprint density at radius 2 is 1.39 bits per heavy atom. The molecular formula is C15H17BrO2. The van der Waals surface area contributed by atoms with Crippen molar-refractivity contribution in [2.45, 2.75) is 6.92 Å². The van der Waals surface area contributed by atoms with Crippen molar-refractivity contribution < 1.29 is 9.47 Å². The molecule has 0 aliphatic rings. The maximum Gasteiger partial charge on any atom is 0.119 e.